The first-order valence-electron chi connectivity index (χ1n) is 6.72. The van der Waals surface area contributed by atoms with Gasteiger partial charge in [0, 0.05) is 30.9 Å². The van der Waals surface area contributed by atoms with Crippen molar-refractivity contribution in [1.82, 2.24) is 15.1 Å². The van der Waals surface area contributed by atoms with Crippen LogP contribution >= 0.6 is 0 Å². The Bertz CT molecular complexity index is 714. The number of aryl methyl sites for hydroxylation is 2. The highest BCUT2D eigenvalue weighted by atomic mass is 16.6. The van der Waals surface area contributed by atoms with E-state index in [4.69, 9.17) is 4.42 Å². The number of rotatable bonds is 6. The molecule has 22 heavy (non-hydrogen) atoms. The SMILES string of the molecule is CCn1cc(CNC(=O)/C=C/c2ccc([N+](=O)[O-])o2)c(C)n1. The highest BCUT2D eigenvalue weighted by Gasteiger charge is 2.10. The highest BCUT2D eigenvalue weighted by Crippen LogP contribution is 2.16. The van der Waals surface area contributed by atoms with Crippen molar-refractivity contribution >= 4 is 17.9 Å². The Morgan fingerprint density at radius 1 is 1.55 bits per heavy atom. The van der Waals surface area contributed by atoms with Crippen molar-refractivity contribution in [3.8, 4) is 0 Å². The van der Waals surface area contributed by atoms with E-state index in [1.165, 1.54) is 24.3 Å². The molecule has 0 unspecified atom stereocenters. The Labute approximate surface area is 126 Å². The minimum atomic E-state index is -0.633. The summed E-state index contributed by atoms with van der Waals surface area (Å²) in [7, 11) is 0. The zero-order valence-electron chi connectivity index (χ0n) is 12.3. The van der Waals surface area contributed by atoms with Crippen molar-refractivity contribution in [2.45, 2.75) is 26.9 Å². The van der Waals surface area contributed by atoms with Crippen LogP contribution < -0.4 is 5.32 Å². The molecule has 2 heterocycles. The number of hydrogen-bond acceptors (Lipinski definition) is 5. The van der Waals surface area contributed by atoms with Crippen molar-refractivity contribution in [3.05, 3.63) is 51.5 Å². The molecular weight excluding hydrogens is 288 g/mol. The molecule has 0 bridgehead atoms. The van der Waals surface area contributed by atoms with E-state index in [0.29, 0.717) is 6.54 Å². The average Bonchev–Trinajstić information content (AvgIpc) is 3.09. The quantitative estimate of drug-likeness (QED) is 0.499. The molecule has 8 heteroatoms. The molecule has 0 spiro atoms. The number of carbonyl (C=O) groups is 1. The highest BCUT2D eigenvalue weighted by molar-refractivity contribution is 5.91. The fraction of sp³-hybridized carbons (Fsp3) is 0.286. The number of nitrogens with one attached hydrogen (secondary N) is 1. The number of nitrogens with zero attached hydrogens (tertiary/aromatic N) is 3. The lowest BCUT2D eigenvalue weighted by Gasteiger charge is -1.99. The molecule has 0 radical (unpaired) electrons. The zero-order valence-corrected chi connectivity index (χ0v) is 12.3. The zero-order chi connectivity index (χ0) is 16.1. The van der Waals surface area contributed by atoms with Crippen LogP contribution in [0.25, 0.3) is 6.08 Å². The van der Waals surface area contributed by atoms with Crippen LogP contribution in [-0.2, 0) is 17.9 Å². The van der Waals surface area contributed by atoms with E-state index in [-0.39, 0.29) is 17.6 Å². The van der Waals surface area contributed by atoms with Gasteiger partial charge in [-0.05, 0) is 26.0 Å². The van der Waals surface area contributed by atoms with Gasteiger partial charge in [0.15, 0.2) is 0 Å². The third kappa shape index (κ3) is 3.81. The molecule has 0 aliphatic heterocycles. The molecule has 8 nitrogen and oxygen atoms in total. The lowest BCUT2D eigenvalue weighted by atomic mass is 10.2. The van der Waals surface area contributed by atoms with Gasteiger partial charge in [-0.15, -0.1) is 0 Å². The topological polar surface area (TPSA) is 103 Å². The molecule has 2 aromatic rings. The normalized spacial score (nSPS) is 11.0. The third-order valence-electron chi connectivity index (χ3n) is 3.02. The van der Waals surface area contributed by atoms with Gasteiger partial charge < -0.3 is 9.73 Å². The van der Waals surface area contributed by atoms with Crippen LogP contribution in [0.1, 0.15) is 23.9 Å². The lowest BCUT2D eigenvalue weighted by Crippen LogP contribution is -2.20. The smallest absolute Gasteiger partial charge is 0.401 e. The number of amides is 1. The van der Waals surface area contributed by atoms with E-state index in [9.17, 15) is 14.9 Å². The van der Waals surface area contributed by atoms with E-state index in [1.807, 2.05) is 20.0 Å². The van der Waals surface area contributed by atoms with Crippen molar-refractivity contribution in [2.24, 2.45) is 0 Å². The van der Waals surface area contributed by atoms with Crippen LogP contribution in [0.4, 0.5) is 5.88 Å². The van der Waals surface area contributed by atoms with Crippen LogP contribution in [-0.4, -0.2) is 20.6 Å². The van der Waals surface area contributed by atoms with Crippen LogP contribution in [0, 0.1) is 17.0 Å². The molecule has 0 saturated heterocycles. The lowest BCUT2D eigenvalue weighted by molar-refractivity contribution is -0.402. The maximum atomic E-state index is 11.7. The molecule has 0 aliphatic carbocycles. The summed E-state index contributed by atoms with van der Waals surface area (Å²) in [4.78, 5) is 21.6. The Morgan fingerprint density at radius 2 is 2.32 bits per heavy atom. The van der Waals surface area contributed by atoms with Gasteiger partial charge in [-0.1, -0.05) is 0 Å². The first-order chi connectivity index (χ1) is 10.5. The molecule has 0 aromatic carbocycles. The van der Waals surface area contributed by atoms with Gasteiger partial charge in [0.1, 0.15) is 10.7 Å². The van der Waals surface area contributed by atoms with Crippen molar-refractivity contribution < 1.29 is 14.1 Å². The van der Waals surface area contributed by atoms with Crippen LogP contribution in [0.3, 0.4) is 0 Å². The van der Waals surface area contributed by atoms with Crippen molar-refractivity contribution in [3.63, 3.8) is 0 Å². The van der Waals surface area contributed by atoms with E-state index in [2.05, 4.69) is 10.4 Å². The average molecular weight is 304 g/mol. The van der Waals surface area contributed by atoms with Gasteiger partial charge in [0.05, 0.1) is 11.8 Å². The second-order valence-electron chi connectivity index (χ2n) is 4.58. The summed E-state index contributed by atoms with van der Waals surface area (Å²) < 4.78 is 6.72. The Morgan fingerprint density at radius 3 is 2.91 bits per heavy atom. The monoisotopic (exact) mass is 304 g/mol. The molecule has 0 saturated carbocycles. The molecular formula is C14H16N4O4. The van der Waals surface area contributed by atoms with Gasteiger partial charge >= 0.3 is 5.88 Å². The van der Waals surface area contributed by atoms with E-state index >= 15 is 0 Å². The fourth-order valence-electron chi connectivity index (χ4n) is 1.82. The summed E-state index contributed by atoms with van der Waals surface area (Å²) in [5, 5.41) is 17.5. The molecule has 116 valence electrons. The molecule has 1 N–H and O–H groups in total. The minimum absolute atomic E-state index is 0.247. The summed E-state index contributed by atoms with van der Waals surface area (Å²) in [6.07, 6.45) is 4.53. The second-order valence-corrected chi connectivity index (χ2v) is 4.58. The summed E-state index contributed by atoms with van der Waals surface area (Å²) in [6, 6.07) is 2.66. The van der Waals surface area contributed by atoms with Gasteiger partial charge in [-0.25, -0.2) is 0 Å². The Hall–Kier alpha value is -2.90. The standard InChI is InChI=1S/C14H16N4O4/c1-3-17-9-11(10(2)16-17)8-15-13(19)6-4-12-5-7-14(22-12)18(20)21/h4-7,9H,3,8H2,1-2H3,(H,15,19)/b6-4+. The third-order valence-corrected chi connectivity index (χ3v) is 3.02. The Balaban J connectivity index is 1.90. The molecule has 0 atom stereocenters. The predicted molar refractivity (Wildman–Crippen MR) is 78.9 cm³/mol. The number of nitro groups is 1. The fourth-order valence-corrected chi connectivity index (χ4v) is 1.82. The van der Waals surface area contributed by atoms with Gasteiger partial charge in [-0.2, -0.15) is 5.10 Å². The van der Waals surface area contributed by atoms with Gasteiger partial charge in [0.2, 0.25) is 5.91 Å². The van der Waals surface area contributed by atoms with E-state index in [0.717, 1.165) is 17.8 Å². The summed E-state index contributed by atoms with van der Waals surface area (Å²) >= 11 is 0. The molecule has 2 aromatic heterocycles. The predicted octanol–water partition coefficient (Wildman–Crippen LogP) is 2.04. The maximum absolute atomic E-state index is 11.7. The van der Waals surface area contributed by atoms with E-state index < -0.39 is 4.92 Å². The summed E-state index contributed by atoms with van der Waals surface area (Å²) in [5.41, 5.74) is 1.81. The first-order valence-corrected chi connectivity index (χ1v) is 6.72. The van der Waals surface area contributed by atoms with E-state index in [1.54, 1.807) is 4.68 Å². The minimum Gasteiger partial charge on any atom is -0.401 e. The second kappa shape index (κ2) is 6.70. The number of aromatic nitrogens is 2. The number of furan rings is 1. The number of hydrogen-bond donors (Lipinski definition) is 1. The summed E-state index contributed by atoms with van der Waals surface area (Å²) in [5.74, 6) is -0.429. The van der Waals surface area contributed by atoms with Gasteiger partial charge in [-0.3, -0.25) is 19.6 Å². The van der Waals surface area contributed by atoms with Crippen LogP contribution in [0.15, 0.2) is 28.8 Å². The van der Waals surface area contributed by atoms with Crippen LogP contribution in [0.5, 0.6) is 0 Å². The number of carbonyl (C=O) groups excluding carboxylic acids is 1. The largest absolute Gasteiger partial charge is 0.433 e. The molecule has 0 aliphatic rings. The van der Waals surface area contributed by atoms with Crippen molar-refractivity contribution in [2.75, 3.05) is 0 Å². The molecule has 0 fully saturated rings. The van der Waals surface area contributed by atoms with Crippen LogP contribution in [0.2, 0.25) is 0 Å². The maximum Gasteiger partial charge on any atom is 0.433 e. The van der Waals surface area contributed by atoms with Crippen molar-refractivity contribution in [1.29, 1.82) is 0 Å². The summed E-state index contributed by atoms with van der Waals surface area (Å²) in [6.45, 7) is 5.00. The molecule has 2 rings (SSSR count). The molecule has 1 amide bonds. The first kappa shape index (κ1) is 15.5. The Kier molecular flexibility index (Phi) is 4.72. The van der Waals surface area contributed by atoms with Gasteiger partial charge in [0.25, 0.3) is 0 Å².